The van der Waals surface area contributed by atoms with Gasteiger partial charge in [-0.1, -0.05) is 33.1 Å². The summed E-state index contributed by atoms with van der Waals surface area (Å²) in [6.45, 7) is 5.30. The van der Waals surface area contributed by atoms with Gasteiger partial charge in [0.25, 0.3) is 0 Å². The molecule has 21 heavy (non-hydrogen) atoms. The Hall–Kier alpha value is -0.610. The van der Waals surface area contributed by atoms with Gasteiger partial charge in [-0.05, 0) is 38.0 Å². The second kappa shape index (κ2) is 7.59. The van der Waals surface area contributed by atoms with E-state index in [1.165, 1.54) is 38.5 Å². The quantitative estimate of drug-likeness (QED) is 0.651. The van der Waals surface area contributed by atoms with Crippen molar-refractivity contribution in [1.82, 2.24) is 5.32 Å². The summed E-state index contributed by atoms with van der Waals surface area (Å²) < 4.78 is 6.11. The molecule has 0 radical (unpaired) electrons. The second-order valence-corrected chi connectivity index (χ2v) is 6.98. The average molecular weight is 296 g/mol. The van der Waals surface area contributed by atoms with E-state index >= 15 is 0 Å². The predicted molar refractivity (Wildman–Crippen MR) is 85.0 cm³/mol. The fraction of sp³-hybridized carbons (Fsp3) is 0.941. The third-order valence-corrected chi connectivity index (χ3v) is 5.11. The zero-order valence-corrected chi connectivity index (χ0v) is 13.7. The van der Waals surface area contributed by atoms with E-state index in [1.807, 2.05) is 0 Å². The number of nitrogens with two attached hydrogens (primary N) is 1. The first-order chi connectivity index (χ1) is 10.1. The maximum Gasteiger partial charge on any atom is 0.237 e. The maximum atomic E-state index is 11.9. The van der Waals surface area contributed by atoms with Crippen molar-refractivity contribution < 1.29 is 9.53 Å². The molecule has 0 saturated heterocycles. The van der Waals surface area contributed by atoms with E-state index in [4.69, 9.17) is 10.5 Å². The number of amides is 1. The first kappa shape index (κ1) is 16.8. The van der Waals surface area contributed by atoms with Crippen molar-refractivity contribution in [3.8, 4) is 0 Å². The normalized spacial score (nSPS) is 30.5. The van der Waals surface area contributed by atoms with E-state index in [0.29, 0.717) is 12.0 Å². The van der Waals surface area contributed by atoms with E-state index in [1.54, 1.807) is 0 Å². The van der Waals surface area contributed by atoms with Crippen LogP contribution in [-0.4, -0.2) is 30.2 Å². The standard InChI is InChI=1S/C17H32N2O2/c1-3-5-6-13(4-2)12-21-15-9-10-17(11-15,16(18)20)19-14-7-8-14/h13-15,19H,3-12H2,1-2H3,(H2,18,20). The molecule has 3 atom stereocenters. The highest BCUT2D eigenvalue weighted by Crippen LogP contribution is 2.35. The molecule has 0 spiro atoms. The molecule has 4 heteroatoms. The van der Waals surface area contributed by atoms with Gasteiger partial charge in [-0.25, -0.2) is 0 Å². The number of nitrogens with one attached hydrogen (secondary N) is 1. The SMILES string of the molecule is CCCCC(CC)COC1CCC(NC2CC2)(C(N)=O)C1. The molecule has 4 nitrogen and oxygen atoms in total. The lowest BCUT2D eigenvalue weighted by Crippen LogP contribution is -2.54. The molecule has 3 unspecified atom stereocenters. The van der Waals surface area contributed by atoms with Gasteiger partial charge in [-0.15, -0.1) is 0 Å². The Kier molecular flexibility index (Phi) is 6.06. The number of ether oxygens (including phenoxy) is 1. The van der Waals surface area contributed by atoms with Crippen LogP contribution in [0.5, 0.6) is 0 Å². The van der Waals surface area contributed by atoms with Crippen LogP contribution in [0.2, 0.25) is 0 Å². The lowest BCUT2D eigenvalue weighted by molar-refractivity contribution is -0.124. The molecule has 3 N–H and O–H groups in total. The molecule has 0 aromatic heterocycles. The van der Waals surface area contributed by atoms with E-state index in [-0.39, 0.29) is 12.0 Å². The highest BCUT2D eigenvalue weighted by molar-refractivity contribution is 5.85. The van der Waals surface area contributed by atoms with Crippen molar-refractivity contribution in [2.45, 2.75) is 89.3 Å². The summed E-state index contributed by atoms with van der Waals surface area (Å²) in [6.07, 6.45) is 10.0. The molecular formula is C17H32N2O2. The lowest BCUT2D eigenvalue weighted by Gasteiger charge is -2.27. The second-order valence-electron chi connectivity index (χ2n) is 6.98. The van der Waals surface area contributed by atoms with Crippen molar-refractivity contribution in [2.24, 2.45) is 11.7 Å². The van der Waals surface area contributed by atoms with Gasteiger partial charge < -0.3 is 15.8 Å². The number of carbonyl (C=O) groups is 1. The van der Waals surface area contributed by atoms with Crippen LogP contribution >= 0.6 is 0 Å². The van der Waals surface area contributed by atoms with Crippen LogP contribution in [0, 0.1) is 5.92 Å². The molecule has 0 bridgehead atoms. The third kappa shape index (κ3) is 4.68. The van der Waals surface area contributed by atoms with Gasteiger partial charge in [0.15, 0.2) is 0 Å². The summed E-state index contributed by atoms with van der Waals surface area (Å²) in [5.74, 6) is 0.462. The van der Waals surface area contributed by atoms with E-state index in [0.717, 1.165) is 25.9 Å². The smallest absolute Gasteiger partial charge is 0.237 e. The summed E-state index contributed by atoms with van der Waals surface area (Å²) in [5, 5.41) is 3.48. The number of hydrogen-bond donors (Lipinski definition) is 2. The Morgan fingerprint density at radius 1 is 1.38 bits per heavy atom. The van der Waals surface area contributed by atoms with Crippen molar-refractivity contribution in [1.29, 1.82) is 0 Å². The van der Waals surface area contributed by atoms with Crippen molar-refractivity contribution in [3.05, 3.63) is 0 Å². The van der Waals surface area contributed by atoms with Gasteiger partial charge in [0, 0.05) is 19.1 Å². The molecule has 0 aliphatic heterocycles. The molecule has 0 heterocycles. The van der Waals surface area contributed by atoms with Gasteiger partial charge in [-0.2, -0.15) is 0 Å². The summed E-state index contributed by atoms with van der Waals surface area (Å²) in [4.78, 5) is 11.9. The summed E-state index contributed by atoms with van der Waals surface area (Å²) >= 11 is 0. The van der Waals surface area contributed by atoms with Gasteiger partial charge >= 0.3 is 0 Å². The Bertz CT molecular complexity index is 344. The summed E-state index contributed by atoms with van der Waals surface area (Å²) in [7, 11) is 0. The maximum absolute atomic E-state index is 11.9. The van der Waals surface area contributed by atoms with E-state index in [9.17, 15) is 4.79 Å². The minimum absolute atomic E-state index is 0.194. The molecule has 2 fully saturated rings. The van der Waals surface area contributed by atoms with Crippen molar-refractivity contribution in [3.63, 3.8) is 0 Å². The Morgan fingerprint density at radius 2 is 2.14 bits per heavy atom. The van der Waals surface area contributed by atoms with Gasteiger partial charge in [-0.3, -0.25) is 4.79 Å². The average Bonchev–Trinajstić information content (AvgIpc) is 3.17. The van der Waals surface area contributed by atoms with Crippen LogP contribution < -0.4 is 11.1 Å². The number of primary amides is 1. The molecule has 2 saturated carbocycles. The molecule has 0 aromatic rings. The van der Waals surface area contributed by atoms with Crippen molar-refractivity contribution in [2.75, 3.05) is 6.61 Å². The van der Waals surface area contributed by atoms with E-state index in [2.05, 4.69) is 19.2 Å². The summed E-state index contributed by atoms with van der Waals surface area (Å²) in [6, 6.07) is 0.504. The Balaban J connectivity index is 1.78. The zero-order chi connectivity index (χ0) is 15.3. The fourth-order valence-electron chi connectivity index (χ4n) is 3.36. The predicted octanol–water partition coefficient (Wildman–Crippen LogP) is 2.75. The number of rotatable bonds is 10. The van der Waals surface area contributed by atoms with Crippen LogP contribution in [0.3, 0.4) is 0 Å². The minimum Gasteiger partial charge on any atom is -0.378 e. The molecule has 2 aliphatic carbocycles. The third-order valence-electron chi connectivity index (χ3n) is 5.11. The van der Waals surface area contributed by atoms with Crippen LogP contribution in [-0.2, 0) is 9.53 Å². The highest BCUT2D eigenvalue weighted by Gasteiger charge is 2.47. The molecule has 2 rings (SSSR count). The zero-order valence-electron chi connectivity index (χ0n) is 13.7. The van der Waals surface area contributed by atoms with Crippen LogP contribution in [0.4, 0.5) is 0 Å². The largest absolute Gasteiger partial charge is 0.378 e. The Morgan fingerprint density at radius 3 is 2.71 bits per heavy atom. The van der Waals surface area contributed by atoms with Gasteiger partial charge in [0.2, 0.25) is 5.91 Å². The molecule has 122 valence electrons. The number of unbranched alkanes of at least 4 members (excludes halogenated alkanes) is 1. The van der Waals surface area contributed by atoms with E-state index < -0.39 is 5.54 Å². The minimum atomic E-state index is -0.503. The Labute approximate surface area is 129 Å². The number of carbonyl (C=O) groups excluding carboxylic acids is 1. The summed E-state index contributed by atoms with van der Waals surface area (Å²) in [5.41, 5.74) is 5.16. The molecule has 0 aromatic carbocycles. The number of hydrogen-bond acceptors (Lipinski definition) is 3. The molecule has 1 amide bonds. The van der Waals surface area contributed by atoms with Crippen LogP contribution in [0.1, 0.15) is 71.6 Å². The van der Waals surface area contributed by atoms with Crippen LogP contribution in [0.15, 0.2) is 0 Å². The van der Waals surface area contributed by atoms with Gasteiger partial charge in [0.1, 0.15) is 5.54 Å². The monoisotopic (exact) mass is 296 g/mol. The molecule has 2 aliphatic rings. The highest BCUT2D eigenvalue weighted by atomic mass is 16.5. The lowest BCUT2D eigenvalue weighted by atomic mass is 9.96. The topological polar surface area (TPSA) is 64.3 Å². The first-order valence-corrected chi connectivity index (χ1v) is 8.78. The van der Waals surface area contributed by atoms with Gasteiger partial charge in [0.05, 0.1) is 6.10 Å². The first-order valence-electron chi connectivity index (χ1n) is 8.78. The van der Waals surface area contributed by atoms with Crippen molar-refractivity contribution >= 4 is 5.91 Å². The molecular weight excluding hydrogens is 264 g/mol. The van der Waals surface area contributed by atoms with Crippen LogP contribution in [0.25, 0.3) is 0 Å². The fourth-order valence-corrected chi connectivity index (χ4v) is 3.36.